The Hall–Kier alpha value is -6.70. The fourth-order valence-electron chi connectivity index (χ4n) is 10.3. The molecule has 0 spiro atoms. The molecule has 0 fully saturated rings. The van der Waals surface area contributed by atoms with Crippen LogP contribution in [0.2, 0.25) is 0 Å². The summed E-state index contributed by atoms with van der Waals surface area (Å²) in [4.78, 5) is 9.75. The predicted molar refractivity (Wildman–Crippen MR) is 301 cm³/mol. The fraction of sp³-hybridized carbons (Fsp3) is 0.125. The van der Waals surface area contributed by atoms with E-state index in [-0.39, 0.29) is 31.9 Å². The van der Waals surface area contributed by atoms with E-state index < -0.39 is 13.3 Å². The molecule has 3 heterocycles. The molecule has 358 valence electrons. The molecule has 1 aliphatic heterocycles. The van der Waals surface area contributed by atoms with Crippen molar-refractivity contribution in [3.63, 3.8) is 0 Å². The van der Waals surface area contributed by atoms with E-state index >= 15 is 0 Å². The zero-order chi connectivity index (χ0) is 48.5. The van der Waals surface area contributed by atoms with Gasteiger partial charge in [-0.2, -0.15) is 0 Å². The van der Waals surface area contributed by atoms with Crippen molar-refractivity contribution in [3.8, 4) is 16.6 Å². The third-order valence-corrected chi connectivity index (χ3v) is 25.0. The zero-order valence-electron chi connectivity index (χ0n) is 41.1. The minimum atomic E-state index is -3.59. The van der Waals surface area contributed by atoms with Crippen molar-refractivity contribution in [2.24, 2.45) is 0 Å². The molecule has 2 aromatic heterocycles. The number of thiazole rings is 1. The average Bonchev–Trinajstić information content (AvgIpc) is 4.09. The van der Waals surface area contributed by atoms with Gasteiger partial charge in [-0.3, -0.25) is 0 Å². The number of para-hydroxylation sites is 3. The maximum absolute atomic E-state index is 6.80. The van der Waals surface area contributed by atoms with Gasteiger partial charge in [-0.15, -0.1) is 6.67 Å². The quantitative estimate of drug-likeness (QED) is 0.107. The van der Waals surface area contributed by atoms with Crippen molar-refractivity contribution < 1.29 is 25.8 Å². The molecule has 0 amide bonds. The summed E-state index contributed by atoms with van der Waals surface area (Å²) in [5.74, 6) is 1.20. The average molecular weight is 1190 g/mol. The molecule has 0 saturated heterocycles. The monoisotopic (exact) mass is 1190 g/mol. The molecule has 0 atom stereocenters. The topological polar surface area (TPSA) is 33.5 Å². The van der Waals surface area contributed by atoms with Gasteiger partial charge in [0.15, 0.2) is 0 Å². The van der Waals surface area contributed by atoms with Crippen LogP contribution >= 0.6 is 11.3 Å². The standard InChI is InChI=1S/C64H53GeN4OS.Pt/c1-63(2,3)44-37-45(64(4,5)6)39-51(38-44)68-43-67(58-30-17-18-31-59(58)68)50-27-20-28-52(41-50)70-53-34-35-54-55-40-49(33-36-57(55)69(60(54)42-53)62-66-56-29-16-19-32-61(56)71-62)65(46-21-10-7-11-22-46,47-23-12-8-13-24-47)48-25-14-9-15-26-48;/h7-40,43H,1-6H3;/q-3;. The van der Waals surface area contributed by atoms with E-state index in [2.05, 4.69) is 263 Å². The van der Waals surface area contributed by atoms with Crippen molar-refractivity contribution in [2.75, 3.05) is 9.80 Å². The van der Waals surface area contributed by atoms with Crippen LogP contribution < -0.4 is 32.1 Å². The van der Waals surface area contributed by atoms with Crippen LogP contribution in [0, 0.1) is 18.8 Å². The first-order valence-corrected chi connectivity index (χ1v) is 29.4. The number of rotatable bonds is 9. The van der Waals surface area contributed by atoms with Crippen LogP contribution in [0.5, 0.6) is 11.5 Å². The molecule has 9 aromatic carbocycles. The molecule has 0 N–H and O–H groups in total. The van der Waals surface area contributed by atoms with Crippen LogP contribution in [-0.2, 0) is 31.9 Å². The summed E-state index contributed by atoms with van der Waals surface area (Å²) in [5, 5.41) is 3.13. The summed E-state index contributed by atoms with van der Waals surface area (Å²) in [6.07, 6.45) is 0. The van der Waals surface area contributed by atoms with Gasteiger partial charge < -0.3 is 4.90 Å². The van der Waals surface area contributed by atoms with Gasteiger partial charge in [0, 0.05) is 38.1 Å². The Balaban J connectivity index is 0.00000560. The number of ether oxygens (including phenoxy) is 1. The molecule has 72 heavy (non-hydrogen) atoms. The van der Waals surface area contributed by atoms with Gasteiger partial charge in [0.25, 0.3) is 0 Å². The van der Waals surface area contributed by atoms with E-state index in [0.717, 1.165) is 59.9 Å². The number of hydrogen-bond acceptors (Lipinski definition) is 5. The summed E-state index contributed by atoms with van der Waals surface area (Å²) >= 11 is -1.90. The van der Waals surface area contributed by atoms with E-state index in [1.54, 1.807) is 11.3 Å². The van der Waals surface area contributed by atoms with Gasteiger partial charge in [0.05, 0.1) is 0 Å². The van der Waals surface area contributed by atoms with Crippen LogP contribution in [0.1, 0.15) is 52.7 Å². The normalized spacial score (nSPS) is 12.9. The van der Waals surface area contributed by atoms with Crippen molar-refractivity contribution in [3.05, 3.63) is 236 Å². The molecule has 8 heteroatoms. The molecule has 11 aromatic rings. The first-order chi connectivity index (χ1) is 34.4. The van der Waals surface area contributed by atoms with Crippen LogP contribution in [0.4, 0.5) is 22.7 Å². The molecule has 0 saturated carbocycles. The second kappa shape index (κ2) is 18.7. The molecule has 0 bridgehead atoms. The number of nitrogens with zero attached hydrogens (tertiary/aromatic N) is 4. The van der Waals surface area contributed by atoms with E-state index in [1.165, 1.54) is 28.7 Å². The van der Waals surface area contributed by atoms with Gasteiger partial charge in [-0.25, -0.2) is 0 Å². The van der Waals surface area contributed by atoms with Crippen LogP contribution in [0.25, 0.3) is 37.2 Å². The number of aromatic nitrogens is 2. The zero-order valence-corrected chi connectivity index (χ0v) is 46.3. The second-order valence-electron chi connectivity index (χ2n) is 20.6. The first kappa shape index (κ1) is 47.6. The Morgan fingerprint density at radius 2 is 1.08 bits per heavy atom. The summed E-state index contributed by atoms with van der Waals surface area (Å²) < 4.78 is 15.7. The molecular weight excluding hydrogens is 1140 g/mol. The first-order valence-electron chi connectivity index (χ1n) is 24.4. The molecule has 0 radical (unpaired) electrons. The SMILES string of the molecule is CC(C)(C)c1cc(N2[CH-]N(c3[c-]c(Oc4[c-]c5c(cc4)c4c[c]([Ge]([c]6ccccc6)([c]6ccccc6)[c]6ccccc6)ccc4n5-c4nc5ccccc5s4)ccc3)c3ccccc32)cc(C(C)(C)C)c1.[Pt]. The Morgan fingerprint density at radius 1 is 0.514 bits per heavy atom. The maximum atomic E-state index is 6.80. The molecular formula is C64H53GeN4OPtS-3. The van der Waals surface area contributed by atoms with Crippen molar-refractivity contribution >= 4 is 97.0 Å². The Bertz CT molecular complexity index is 3600. The van der Waals surface area contributed by atoms with Gasteiger partial charge in [-0.05, 0) is 46.2 Å². The number of hydrogen-bond donors (Lipinski definition) is 0. The molecule has 5 nitrogen and oxygen atoms in total. The minimum absolute atomic E-state index is 0. The number of anilines is 4. The third-order valence-electron chi connectivity index (χ3n) is 14.0. The van der Waals surface area contributed by atoms with Crippen molar-refractivity contribution in [1.29, 1.82) is 0 Å². The number of benzene rings is 9. The minimum Gasteiger partial charge on any atom is -0.0601 e. The summed E-state index contributed by atoms with van der Waals surface area (Å²) in [6.45, 7) is 15.9. The Morgan fingerprint density at radius 3 is 1.69 bits per heavy atom. The number of fused-ring (bicyclic) bond motifs is 5. The van der Waals surface area contributed by atoms with Crippen LogP contribution in [0.15, 0.2) is 206 Å². The molecule has 0 unspecified atom stereocenters. The van der Waals surface area contributed by atoms with Gasteiger partial charge in [0.2, 0.25) is 0 Å². The van der Waals surface area contributed by atoms with Crippen molar-refractivity contribution in [2.45, 2.75) is 52.4 Å². The Kier molecular flexibility index (Phi) is 12.4. The van der Waals surface area contributed by atoms with E-state index in [0.29, 0.717) is 11.5 Å². The smallest absolute Gasteiger partial charge is 0.0601 e. The Labute approximate surface area is 444 Å². The molecule has 1 aliphatic rings. The molecule has 12 rings (SSSR count). The second-order valence-corrected chi connectivity index (χ2v) is 29.6. The summed E-state index contributed by atoms with van der Waals surface area (Å²) in [6, 6.07) is 82.5. The predicted octanol–water partition coefficient (Wildman–Crippen LogP) is 14.2. The van der Waals surface area contributed by atoms with Gasteiger partial charge >= 0.3 is 292 Å². The van der Waals surface area contributed by atoms with Crippen LogP contribution in [0.3, 0.4) is 0 Å². The molecule has 0 aliphatic carbocycles. The third kappa shape index (κ3) is 8.37. The van der Waals surface area contributed by atoms with E-state index in [9.17, 15) is 0 Å². The van der Waals surface area contributed by atoms with Gasteiger partial charge in [0.1, 0.15) is 0 Å². The fourth-order valence-corrected chi connectivity index (χ4v) is 21.3. The van der Waals surface area contributed by atoms with Crippen LogP contribution in [-0.4, -0.2) is 22.8 Å². The van der Waals surface area contributed by atoms with Crippen molar-refractivity contribution in [1.82, 2.24) is 9.55 Å². The van der Waals surface area contributed by atoms with E-state index in [4.69, 9.17) is 9.72 Å². The summed E-state index contributed by atoms with van der Waals surface area (Å²) in [5.41, 5.74) is 9.75. The summed E-state index contributed by atoms with van der Waals surface area (Å²) in [7, 11) is 0. The van der Waals surface area contributed by atoms with Gasteiger partial charge in [-0.1, -0.05) is 59.7 Å². The van der Waals surface area contributed by atoms with E-state index in [1.807, 2.05) is 18.2 Å².